The zero-order chi connectivity index (χ0) is 12.8. The molecule has 0 aliphatic rings. The van der Waals surface area contributed by atoms with Crippen LogP contribution in [0, 0.1) is 0 Å². The third-order valence-corrected chi connectivity index (χ3v) is 4.89. The van der Waals surface area contributed by atoms with Crippen LogP contribution < -0.4 is 0 Å². The van der Waals surface area contributed by atoms with Crippen LogP contribution in [0.1, 0.15) is 5.56 Å². The largest absolute Gasteiger partial charge is 0.259 e. The van der Waals surface area contributed by atoms with Gasteiger partial charge in [-0.05, 0) is 17.7 Å². The van der Waals surface area contributed by atoms with Gasteiger partial charge in [0.05, 0.1) is 0 Å². The number of hydrogen-bond acceptors (Lipinski definition) is 4. The Kier molecular flexibility index (Phi) is 5.22. The molecule has 96 valence electrons. The van der Waals surface area contributed by atoms with Crippen LogP contribution in [0.25, 0.3) is 0 Å². The average Bonchev–Trinajstić information content (AvgIpc) is 2.85. The molecule has 0 aliphatic carbocycles. The number of thioether (sulfide) groups is 1. The fraction of sp³-hybridized carbons (Fsp3) is 0.273. The van der Waals surface area contributed by atoms with Gasteiger partial charge in [0.25, 0.3) is 0 Å². The number of aromatic nitrogens is 3. The normalized spacial score (nSPS) is 12.5. The molecule has 1 aromatic heterocycles. The third kappa shape index (κ3) is 4.44. The predicted octanol–water partition coefficient (Wildman–Crippen LogP) is 2.50. The van der Waals surface area contributed by atoms with E-state index in [1.165, 1.54) is 18.1 Å². The van der Waals surface area contributed by atoms with Gasteiger partial charge in [0.15, 0.2) is 5.16 Å². The van der Waals surface area contributed by atoms with Crippen LogP contribution in [0.15, 0.2) is 35.7 Å². The number of halogens is 1. The highest BCUT2D eigenvalue weighted by atomic mass is 35.5. The second-order valence-corrected chi connectivity index (χ2v) is 6.65. The molecule has 18 heavy (non-hydrogen) atoms. The van der Waals surface area contributed by atoms with Crippen molar-refractivity contribution in [3.63, 3.8) is 0 Å². The molecule has 1 aromatic carbocycles. The van der Waals surface area contributed by atoms with E-state index in [-0.39, 0.29) is 0 Å². The summed E-state index contributed by atoms with van der Waals surface area (Å²) in [4.78, 5) is 3.99. The number of rotatable bonds is 6. The minimum atomic E-state index is -0.865. The smallest absolute Gasteiger partial charge is 0.183 e. The zero-order valence-corrected chi connectivity index (χ0v) is 11.9. The van der Waals surface area contributed by atoms with E-state index in [4.69, 9.17) is 11.6 Å². The van der Waals surface area contributed by atoms with Crippen LogP contribution >= 0.6 is 23.4 Å². The molecule has 1 atom stereocenters. The van der Waals surface area contributed by atoms with Crippen LogP contribution in [0.3, 0.4) is 0 Å². The van der Waals surface area contributed by atoms with Gasteiger partial charge < -0.3 is 0 Å². The van der Waals surface area contributed by atoms with Crippen molar-refractivity contribution in [2.24, 2.45) is 0 Å². The number of nitrogens with one attached hydrogen (secondary N) is 1. The average molecular weight is 302 g/mol. The summed E-state index contributed by atoms with van der Waals surface area (Å²) in [5, 5.41) is 7.97. The van der Waals surface area contributed by atoms with Gasteiger partial charge in [-0.2, -0.15) is 5.10 Å². The van der Waals surface area contributed by atoms with Crippen molar-refractivity contribution >= 4 is 34.2 Å². The summed E-state index contributed by atoms with van der Waals surface area (Å²) in [6.45, 7) is 0. The van der Waals surface area contributed by atoms with Gasteiger partial charge in [-0.1, -0.05) is 35.5 Å². The Labute approximate surface area is 117 Å². The number of nitrogens with zero attached hydrogens (tertiary/aromatic N) is 2. The summed E-state index contributed by atoms with van der Waals surface area (Å²) >= 11 is 7.32. The quantitative estimate of drug-likeness (QED) is 0.833. The molecule has 0 fully saturated rings. The topological polar surface area (TPSA) is 58.6 Å². The van der Waals surface area contributed by atoms with E-state index in [9.17, 15) is 4.21 Å². The minimum Gasteiger partial charge on any atom is -0.259 e. The van der Waals surface area contributed by atoms with Crippen molar-refractivity contribution in [3.8, 4) is 0 Å². The van der Waals surface area contributed by atoms with Crippen LogP contribution in [-0.4, -0.2) is 30.9 Å². The van der Waals surface area contributed by atoms with Crippen molar-refractivity contribution in [2.75, 3.05) is 11.5 Å². The SMILES string of the molecule is O=S(CCSc1ncn[nH]1)Cc1ccc(Cl)cc1. The monoisotopic (exact) mass is 301 g/mol. The molecule has 7 heteroatoms. The molecule has 0 aliphatic heterocycles. The summed E-state index contributed by atoms with van der Waals surface area (Å²) in [5.74, 6) is 1.96. The van der Waals surface area contributed by atoms with Crippen LogP contribution in [0.2, 0.25) is 5.02 Å². The van der Waals surface area contributed by atoms with E-state index in [1.807, 2.05) is 24.3 Å². The number of benzene rings is 1. The van der Waals surface area contributed by atoms with Crippen molar-refractivity contribution in [1.82, 2.24) is 15.2 Å². The lowest BCUT2D eigenvalue weighted by Gasteiger charge is -2.02. The van der Waals surface area contributed by atoms with Gasteiger partial charge in [-0.25, -0.2) is 4.98 Å². The van der Waals surface area contributed by atoms with Gasteiger partial charge >= 0.3 is 0 Å². The highest BCUT2D eigenvalue weighted by Gasteiger charge is 2.03. The van der Waals surface area contributed by atoms with E-state index < -0.39 is 10.8 Å². The van der Waals surface area contributed by atoms with Crippen LogP contribution in [0.4, 0.5) is 0 Å². The standard InChI is InChI=1S/C11H12ClN3OS2/c12-10-3-1-9(2-4-10)7-18(16)6-5-17-11-13-8-14-15-11/h1-4,8H,5-7H2,(H,13,14,15). The Hall–Kier alpha value is -0.850. The van der Waals surface area contributed by atoms with E-state index in [0.717, 1.165) is 16.5 Å². The Morgan fingerprint density at radius 1 is 1.33 bits per heavy atom. The molecule has 1 heterocycles. The zero-order valence-electron chi connectivity index (χ0n) is 9.51. The van der Waals surface area contributed by atoms with Gasteiger partial charge in [0.2, 0.25) is 0 Å². The summed E-state index contributed by atoms with van der Waals surface area (Å²) < 4.78 is 11.8. The first-order chi connectivity index (χ1) is 8.74. The Morgan fingerprint density at radius 2 is 2.11 bits per heavy atom. The maximum absolute atomic E-state index is 11.8. The Balaban J connectivity index is 1.73. The molecule has 2 aromatic rings. The molecule has 1 unspecified atom stereocenters. The minimum absolute atomic E-state index is 0.564. The second-order valence-electron chi connectivity index (χ2n) is 3.55. The van der Waals surface area contributed by atoms with Gasteiger partial charge in [-0.15, -0.1) is 0 Å². The highest BCUT2D eigenvalue weighted by Crippen LogP contribution is 2.13. The maximum Gasteiger partial charge on any atom is 0.183 e. The molecule has 0 radical (unpaired) electrons. The lowest BCUT2D eigenvalue weighted by atomic mass is 10.2. The molecular formula is C11H12ClN3OS2. The Morgan fingerprint density at radius 3 is 2.78 bits per heavy atom. The molecule has 1 N–H and O–H groups in total. The van der Waals surface area contributed by atoms with Crippen molar-refractivity contribution in [1.29, 1.82) is 0 Å². The maximum atomic E-state index is 11.8. The summed E-state index contributed by atoms with van der Waals surface area (Å²) in [6, 6.07) is 7.45. The Bertz CT molecular complexity index is 502. The number of hydrogen-bond donors (Lipinski definition) is 1. The van der Waals surface area contributed by atoms with Crippen molar-refractivity contribution in [2.45, 2.75) is 10.9 Å². The summed E-state index contributed by atoms with van der Waals surface area (Å²) in [6.07, 6.45) is 1.47. The molecule has 0 spiro atoms. The van der Waals surface area contributed by atoms with E-state index >= 15 is 0 Å². The molecule has 4 nitrogen and oxygen atoms in total. The van der Waals surface area contributed by atoms with E-state index in [2.05, 4.69) is 15.2 Å². The first-order valence-corrected chi connectivity index (χ1v) is 8.17. The fourth-order valence-corrected chi connectivity index (χ4v) is 3.68. The lowest BCUT2D eigenvalue weighted by molar-refractivity contribution is 0.683. The number of H-pyrrole nitrogens is 1. The predicted molar refractivity (Wildman–Crippen MR) is 75.3 cm³/mol. The molecule has 0 saturated carbocycles. The van der Waals surface area contributed by atoms with E-state index in [1.54, 1.807) is 0 Å². The first-order valence-electron chi connectivity index (χ1n) is 5.31. The highest BCUT2D eigenvalue weighted by molar-refractivity contribution is 8.00. The van der Waals surface area contributed by atoms with Crippen molar-refractivity contribution in [3.05, 3.63) is 41.2 Å². The van der Waals surface area contributed by atoms with Gasteiger partial charge in [0.1, 0.15) is 6.33 Å². The lowest BCUT2D eigenvalue weighted by Crippen LogP contribution is -2.03. The summed E-state index contributed by atoms with van der Waals surface area (Å²) in [7, 11) is -0.865. The fourth-order valence-electron chi connectivity index (χ4n) is 1.33. The van der Waals surface area contributed by atoms with Gasteiger partial charge in [-0.3, -0.25) is 9.31 Å². The van der Waals surface area contributed by atoms with Gasteiger partial charge in [0, 0.05) is 33.1 Å². The van der Waals surface area contributed by atoms with Crippen LogP contribution in [0.5, 0.6) is 0 Å². The van der Waals surface area contributed by atoms with Crippen molar-refractivity contribution < 1.29 is 4.21 Å². The first kappa shape index (κ1) is 13.6. The summed E-state index contributed by atoms with van der Waals surface area (Å²) in [5.41, 5.74) is 1.04. The van der Waals surface area contributed by atoms with E-state index in [0.29, 0.717) is 16.5 Å². The molecule has 0 saturated heterocycles. The number of aromatic amines is 1. The third-order valence-electron chi connectivity index (χ3n) is 2.18. The second kappa shape index (κ2) is 6.92. The molecule has 2 rings (SSSR count). The van der Waals surface area contributed by atoms with Crippen LogP contribution in [-0.2, 0) is 16.6 Å². The molecular weight excluding hydrogens is 290 g/mol. The molecule has 0 bridgehead atoms. The molecule has 0 amide bonds.